The molecule has 2 nitrogen and oxygen atoms in total. The molecule has 1 aromatic rings. The maximum absolute atomic E-state index is 12.6. The molecule has 2 N–H and O–H groups in total. The van der Waals surface area contributed by atoms with E-state index in [1.807, 2.05) is 6.92 Å². The number of halogens is 1. The molecule has 0 atom stereocenters. The van der Waals surface area contributed by atoms with Crippen molar-refractivity contribution in [1.29, 1.82) is 0 Å². The fourth-order valence-corrected chi connectivity index (χ4v) is 1.13. The smallest absolute Gasteiger partial charge is 0.423 e. The van der Waals surface area contributed by atoms with Crippen molar-refractivity contribution in [3.05, 3.63) is 29.6 Å². The highest BCUT2D eigenvalue weighted by Gasteiger charge is 2.15. The third kappa shape index (κ3) is 1.84. The van der Waals surface area contributed by atoms with Crippen LogP contribution in [0.25, 0.3) is 0 Å². The molecule has 0 spiro atoms. The summed E-state index contributed by atoms with van der Waals surface area (Å²) in [6, 6.07) is 4.01. The van der Waals surface area contributed by atoms with Crippen molar-refractivity contribution in [3.8, 4) is 0 Å². The number of benzene rings is 1. The van der Waals surface area contributed by atoms with Gasteiger partial charge in [-0.1, -0.05) is 13.0 Å². The van der Waals surface area contributed by atoms with Gasteiger partial charge in [-0.15, -0.1) is 0 Å². The lowest BCUT2D eigenvalue weighted by Crippen LogP contribution is -2.33. The third-order valence-corrected chi connectivity index (χ3v) is 1.77. The summed E-state index contributed by atoms with van der Waals surface area (Å²) in [5.74, 6) is -0.449. The molecular formula is C8H10BFO2. The third-order valence-electron chi connectivity index (χ3n) is 1.77. The summed E-state index contributed by atoms with van der Waals surface area (Å²) < 4.78 is 12.6. The Bertz CT molecular complexity index is 276. The van der Waals surface area contributed by atoms with Crippen molar-refractivity contribution in [2.24, 2.45) is 0 Å². The van der Waals surface area contributed by atoms with Crippen LogP contribution >= 0.6 is 0 Å². The van der Waals surface area contributed by atoms with Gasteiger partial charge in [0, 0.05) is 0 Å². The van der Waals surface area contributed by atoms with E-state index in [9.17, 15) is 4.39 Å². The van der Waals surface area contributed by atoms with Crippen LogP contribution in [0.5, 0.6) is 0 Å². The van der Waals surface area contributed by atoms with Gasteiger partial charge in [-0.05, 0) is 29.6 Å². The Labute approximate surface area is 70.8 Å². The van der Waals surface area contributed by atoms with Crippen molar-refractivity contribution in [3.63, 3.8) is 0 Å². The lowest BCUT2D eigenvalue weighted by molar-refractivity contribution is 0.425. The van der Waals surface area contributed by atoms with Crippen LogP contribution in [0.3, 0.4) is 0 Å². The van der Waals surface area contributed by atoms with Gasteiger partial charge in [-0.2, -0.15) is 0 Å². The maximum atomic E-state index is 12.6. The molecule has 0 bridgehead atoms. The Hall–Kier alpha value is -0.865. The Kier molecular flexibility index (Phi) is 2.84. The van der Waals surface area contributed by atoms with E-state index >= 15 is 0 Å². The molecule has 0 aliphatic heterocycles. The first-order chi connectivity index (χ1) is 5.65. The average Bonchev–Trinajstić information content (AvgIpc) is 2.04. The van der Waals surface area contributed by atoms with Crippen LogP contribution in [-0.4, -0.2) is 17.2 Å². The second-order valence-corrected chi connectivity index (χ2v) is 2.57. The molecule has 1 aromatic carbocycles. The summed E-state index contributed by atoms with van der Waals surface area (Å²) >= 11 is 0. The first kappa shape index (κ1) is 9.22. The van der Waals surface area contributed by atoms with Crippen LogP contribution in [0.15, 0.2) is 18.2 Å². The van der Waals surface area contributed by atoms with E-state index in [1.54, 1.807) is 6.07 Å². The molecule has 12 heavy (non-hydrogen) atoms. The number of aryl methyl sites for hydroxylation is 1. The molecule has 0 aliphatic carbocycles. The quantitative estimate of drug-likeness (QED) is 0.613. The van der Waals surface area contributed by atoms with Crippen molar-refractivity contribution < 1.29 is 14.4 Å². The zero-order valence-electron chi connectivity index (χ0n) is 6.79. The average molecular weight is 168 g/mol. The molecule has 0 unspecified atom stereocenters. The molecule has 0 fully saturated rings. The van der Waals surface area contributed by atoms with Crippen LogP contribution < -0.4 is 5.46 Å². The van der Waals surface area contributed by atoms with Crippen LogP contribution in [0.4, 0.5) is 4.39 Å². The molecule has 0 aliphatic rings. The first-order valence-corrected chi connectivity index (χ1v) is 3.79. The highest BCUT2D eigenvalue weighted by Crippen LogP contribution is 2.01. The van der Waals surface area contributed by atoms with Crippen molar-refractivity contribution >= 4 is 12.6 Å². The van der Waals surface area contributed by atoms with Gasteiger partial charge in [0.05, 0.1) is 0 Å². The summed E-state index contributed by atoms with van der Waals surface area (Å²) in [6.45, 7) is 1.87. The summed E-state index contributed by atoms with van der Waals surface area (Å²) in [5.41, 5.74) is 1.00. The maximum Gasteiger partial charge on any atom is 0.488 e. The standard InChI is InChI=1S/C8H10BFO2/c1-2-6-3-4-7(10)5-8(6)9(11)12/h3-5,11-12H,2H2,1H3. The van der Waals surface area contributed by atoms with E-state index in [2.05, 4.69) is 0 Å². The van der Waals surface area contributed by atoms with Crippen molar-refractivity contribution in [2.45, 2.75) is 13.3 Å². The monoisotopic (exact) mass is 168 g/mol. The Morgan fingerprint density at radius 2 is 2.08 bits per heavy atom. The van der Waals surface area contributed by atoms with Gasteiger partial charge in [0.2, 0.25) is 0 Å². The lowest BCUT2D eigenvalue weighted by atomic mass is 9.76. The van der Waals surface area contributed by atoms with Gasteiger partial charge in [0.15, 0.2) is 0 Å². The molecule has 0 saturated heterocycles. The van der Waals surface area contributed by atoms with Gasteiger partial charge >= 0.3 is 7.12 Å². The van der Waals surface area contributed by atoms with Gasteiger partial charge < -0.3 is 10.0 Å². The topological polar surface area (TPSA) is 40.5 Å². The highest BCUT2D eigenvalue weighted by atomic mass is 19.1. The predicted molar refractivity (Wildman–Crippen MR) is 45.6 cm³/mol. The lowest BCUT2D eigenvalue weighted by Gasteiger charge is -2.05. The molecule has 0 saturated carbocycles. The molecule has 4 heteroatoms. The molecule has 0 aromatic heterocycles. The fraction of sp³-hybridized carbons (Fsp3) is 0.250. The van der Waals surface area contributed by atoms with Crippen molar-refractivity contribution in [1.82, 2.24) is 0 Å². The SMILES string of the molecule is CCc1ccc(F)cc1B(O)O. The van der Waals surface area contributed by atoms with E-state index < -0.39 is 12.9 Å². The fourth-order valence-electron chi connectivity index (χ4n) is 1.13. The van der Waals surface area contributed by atoms with Crippen LogP contribution in [0.2, 0.25) is 0 Å². The minimum atomic E-state index is -1.59. The number of rotatable bonds is 2. The molecule has 0 heterocycles. The zero-order chi connectivity index (χ0) is 9.14. The van der Waals surface area contributed by atoms with Crippen molar-refractivity contribution in [2.75, 3.05) is 0 Å². The van der Waals surface area contributed by atoms with Gasteiger partial charge in [0.25, 0.3) is 0 Å². The van der Waals surface area contributed by atoms with Gasteiger partial charge in [-0.3, -0.25) is 0 Å². The van der Waals surface area contributed by atoms with E-state index in [0.29, 0.717) is 6.42 Å². The van der Waals surface area contributed by atoms with Gasteiger partial charge in [0.1, 0.15) is 5.82 Å². The molecule has 0 amide bonds. The number of hydrogen-bond donors (Lipinski definition) is 2. The van der Waals surface area contributed by atoms with E-state index in [-0.39, 0.29) is 5.46 Å². The second-order valence-electron chi connectivity index (χ2n) is 2.57. The largest absolute Gasteiger partial charge is 0.488 e. The minimum Gasteiger partial charge on any atom is -0.423 e. The van der Waals surface area contributed by atoms with Crippen LogP contribution in [0.1, 0.15) is 12.5 Å². The van der Waals surface area contributed by atoms with E-state index in [1.165, 1.54) is 6.07 Å². The Balaban J connectivity index is 3.12. The molecule has 64 valence electrons. The Morgan fingerprint density at radius 1 is 1.42 bits per heavy atom. The highest BCUT2D eigenvalue weighted by molar-refractivity contribution is 6.59. The first-order valence-electron chi connectivity index (χ1n) is 3.79. The molecular weight excluding hydrogens is 158 g/mol. The van der Waals surface area contributed by atoms with Crippen LogP contribution in [0, 0.1) is 5.82 Å². The summed E-state index contributed by atoms with van der Waals surface area (Å²) in [5, 5.41) is 17.7. The molecule has 0 radical (unpaired) electrons. The normalized spacial score (nSPS) is 10.0. The second kappa shape index (κ2) is 3.69. The van der Waals surface area contributed by atoms with E-state index in [0.717, 1.165) is 11.6 Å². The molecule has 1 rings (SSSR count). The zero-order valence-corrected chi connectivity index (χ0v) is 6.79. The van der Waals surface area contributed by atoms with Crippen LogP contribution in [-0.2, 0) is 6.42 Å². The van der Waals surface area contributed by atoms with Gasteiger partial charge in [-0.25, -0.2) is 4.39 Å². The summed E-state index contributed by atoms with van der Waals surface area (Å²) in [4.78, 5) is 0. The summed E-state index contributed by atoms with van der Waals surface area (Å²) in [7, 11) is -1.59. The summed E-state index contributed by atoms with van der Waals surface area (Å²) in [6.07, 6.45) is 0.660. The Morgan fingerprint density at radius 3 is 2.58 bits per heavy atom. The predicted octanol–water partition coefficient (Wildman–Crippen LogP) is 0.0679. The minimum absolute atomic E-state index is 0.248. The number of hydrogen-bond acceptors (Lipinski definition) is 2. The van der Waals surface area contributed by atoms with E-state index in [4.69, 9.17) is 10.0 Å².